The highest BCUT2D eigenvalue weighted by atomic mass is 15.1. The summed E-state index contributed by atoms with van der Waals surface area (Å²) in [7, 11) is 0. The number of benzene rings is 9. The zero-order chi connectivity index (χ0) is 31.2. The SMILES string of the molecule is c1ccc(N(c2ccc(-c3ccc4ccc5ccccc5c4c3)cc2)c2ccc(-c3ccc4ccc5ccccc5c4c3)cc2)cc1. The van der Waals surface area contributed by atoms with Gasteiger partial charge in [-0.1, -0.05) is 140 Å². The second kappa shape index (κ2) is 11.3. The molecular weight excluding hydrogens is 567 g/mol. The molecule has 0 saturated carbocycles. The Morgan fingerprint density at radius 2 is 0.574 bits per heavy atom. The van der Waals surface area contributed by atoms with Crippen LogP contribution in [0.3, 0.4) is 0 Å². The van der Waals surface area contributed by atoms with Crippen molar-refractivity contribution in [3.63, 3.8) is 0 Å². The highest BCUT2D eigenvalue weighted by Gasteiger charge is 2.14. The van der Waals surface area contributed by atoms with Gasteiger partial charge >= 0.3 is 0 Å². The fraction of sp³-hybridized carbons (Fsp3) is 0. The van der Waals surface area contributed by atoms with E-state index in [0.717, 1.165) is 17.1 Å². The maximum atomic E-state index is 2.33. The molecule has 0 heterocycles. The fourth-order valence-corrected chi connectivity index (χ4v) is 6.99. The normalized spacial score (nSPS) is 11.4. The Balaban J connectivity index is 1.08. The fourth-order valence-electron chi connectivity index (χ4n) is 6.99. The summed E-state index contributed by atoms with van der Waals surface area (Å²) in [5.41, 5.74) is 8.22. The Labute approximate surface area is 274 Å². The number of nitrogens with zero attached hydrogens (tertiary/aromatic N) is 1. The van der Waals surface area contributed by atoms with Crippen LogP contribution in [0.1, 0.15) is 0 Å². The Kier molecular flexibility index (Phi) is 6.54. The van der Waals surface area contributed by atoms with Gasteiger partial charge in [0, 0.05) is 17.1 Å². The molecule has 47 heavy (non-hydrogen) atoms. The van der Waals surface area contributed by atoms with Gasteiger partial charge in [0.15, 0.2) is 0 Å². The first-order valence-electron chi connectivity index (χ1n) is 16.2. The maximum Gasteiger partial charge on any atom is 0.0462 e. The molecule has 9 rings (SSSR count). The van der Waals surface area contributed by atoms with E-state index in [-0.39, 0.29) is 0 Å². The molecule has 0 aliphatic rings. The Hall–Kier alpha value is -6.18. The Bertz CT molecular complexity index is 2380. The molecule has 0 saturated heterocycles. The van der Waals surface area contributed by atoms with Crippen molar-refractivity contribution in [2.24, 2.45) is 0 Å². The molecule has 0 aliphatic carbocycles. The van der Waals surface area contributed by atoms with Crippen LogP contribution in [0.15, 0.2) is 188 Å². The van der Waals surface area contributed by atoms with Crippen LogP contribution in [0.5, 0.6) is 0 Å². The first-order chi connectivity index (χ1) is 23.3. The standard InChI is InChI=1S/C46H31N/c1-2-10-40(11-3-1)47(41-26-22-32(23-27-41)38-20-18-36-16-14-34-8-4-6-12-43(34)45(36)30-38)42-28-24-33(25-29-42)39-21-19-37-17-15-35-9-5-7-13-44(35)46(37)31-39/h1-31H. The zero-order valence-electron chi connectivity index (χ0n) is 25.8. The summed E-state index contributed by atoms with van der Waals surface area (Å²) in [6.45, 7) is 0. The van der Waals surface area contributed by atoms with Crippen molar-refractivity contribution in [2.45, 2.75) is 0 Å². The molecule has 1 nitrogen and oxygen atoms in total. The topological polar surface area (TPSA) is 3.24 Å². The van der Waals surface area contributed by atoms with Crippen molar-refractivity contribution < 1.29 is 0 Å². The first kappa shape index (κ1) is 27.2. The van der Waals surface area contributed by atoms with E-state index < -0.39 is 0 Å². The second-order valence-electron chi connectivity index (χ2n) is 12.2. The predicted molar refractivity (Wildman–Crippen MR) is 202 cm³/mol. The lowest BCUT2D eigenvalue weighted by Gasteiger charge is -2.26. The van der Waals surface area contributed by atoms with E-state index in [0.29, 0.717) is 0 Å². The van der Waals surface area contributed by atoms with Crippen LogP contribution in [0.4, 0.5) is 17.1 Å². The third-order valence-corrected chi connectivity index (χ3v) is 9.43. The molecule has 0 fully saturated rings. The van der Waals surface area contributed by atoms with Gasteiger partial charge in [-0.15, -0.1) is 0 Å². The number of fused-ring (bicyclic) bond motifs is 6. The van der Waals surface area contributed by atoms with E-state index >= 15 is 0 Å². The van der Waals surface area contributed by atoms with Gasteiger partial charge in [0.05, 0.1) is 0 Å². The number of anilines is 3. The summed E-state index contributed by atoms with van der Waals surface area (Å²) in [4.78, 5) is 2.33. The molecule has 0 N–H and O–H groups in total. The summed E-state index contributed by atoms with van der Waals surface area (Å²) < 4.78 is 0. The molecule has 9 aromatic rings. The van der Waals surface area contributed by atoms with Crippen LogP contribution in [0, 0.1) is 0 Å². The van der Waals surface area contributed by atoms with E-state index in [1.54, 1.807) is 0 Å². The number of para-hydroxylation sites is 1. The molecular formula is C46H31N. The molecule has 0 spiro atoms. The van der Waals surface area contributed by atoms with Gasteiger partial charge in [-0.25, -0.2) is 0 Å². The van der Waals surface area contributed by atoms with E-state index in [2.05, 4.69) is 193 Å². The molecule has 0 unspecified atom stereocenters. The van der Waals surface area contributed by atoms with Crippen molar-refractivity contribution in [1.82, 2.24) is 0 Å². The third kappa shape index (κ3) is 4.90. The molecule has 0 amide bonds. The number of rotatable bonds is 5. The number of hydrogen-bond acceptors (Lipinski definition) is 1. The van der Waals surface area contributed by atoms with E-state index in [1.807, 2.05) is 0 Å². The van der Waals surface area contributed by atoms with Gasteiger partial charge in [0.25, 0.3) is 0 Å². The van der Waals surface area contributed by atoms with E-state index in [4.69, 9.17) is 0 Å². The van der Waals surface area contributed by atoms with Gasteiger partial charge in [0.2, 0.25) is 0 Å². The molecule has 0 radical (unpaired) electrons. The van der Waals surface area contributed by atoms with Crippen molar-refractivity contribution in [1.29, 1.82) is 0 Å². The minimum absolute atomic E-state index is 1.12. The van der Waals surface area contributed by atoms with Crippen molar-refractivity contribution in [2.75, 3.05) is 4.90 Å². The summed E-state index contributed by atoms with van der Waals surface area (Å²) in [5, 5.41) is 10.2. The molecule has 0 aliphatic heterocycles. The predicted octanol–water partition coefficient (Wildman–Crippen LogP) is 13.1. The first-order valence-corrected chi connectivity index (χ1v) is 16.2. The van der Waals surface area contributed by atoms with Gasteiger partial charge in [-0.05, 0) is 114 Å². The number of hydrogen-bond donors (Lipinski definition) is 0. The highest BCUT2D eigenvalue weighted by Crippen LogP contribution is 2.38. The van der Waals surface area contributed by atoms with Gasteiger partial charge in [-0.3, -0.25) is 0 Å². The Morgan fingerprint density at radius 3 is 1.04 bits per heavy atom. The minimum Gasteiger partial charge on any atom is -0.311 e. The monoisotopic (exact) mass is 597 g/mol. The summed E-state index contributed by atoms with van der Waals surface area (Å²) in [6.07, 6.45) is 0. The minimum atomic E-state index is 1.12. The lowest BCUT2D eigenvalue weighted by atomic mass is 9.96. The van der Waals surface area contributed by atoms with Crippen LogP contribution in [-0.4, -0.2) is 0 Å². The van der Waals surface area contributed by atoms with Crippen LogP contribution in [0.25, 0.3) is 65.3 Å². The van der Waals surface area contributed by atoms with Crippen LogP contribution >= 0.6 is 0 Å². The van der Waals surface area contributed by atoms with E-state index in [9.17, 15) is 0 Å². The molecule has 0 atom stereocenters. The Morgan fingerprint density at radius 1 is 0.234 bits per heavy atom. The quantitative estimate of drug-likeness (QED) is 0.178. The molecule has 0 aromatic heterocycles. The second-order valence-corrected chi connectivity index (χ2v) is 12.2. The molecule has 0 bridgehead atoms. The average Bonchev–Trinajstić information content (AvgIpc) is 3.15. The highest BCUT2D eigenvalue weighted by molar-refractivity contribution is 6.09. The molecule has 220 valence electrons. The lowest BCUT2D eigenvalue weighted by Crippen LogP contribution is -2.09. The van der Waals surface area contributed by atoms with Crippen LogP contribution in [-0.2, 0) is 0 Å². The van der Waals surface area contributed by atoms with Gasteiger partial charge < -0.3 is 4.90 Å². The van der Waals surface area contributed by atoms with Crippen LogP contribution < -0.4 is 4.90 Å². The van der Waals surface area contributed by atoms with Crippen molar-refractivity contribution >= 4 is 60.2 Å². The third-order valence-electron chi connectivity index (χ3n) is 9.43. The summed E-state index contributed by atoms with van der Waals surface area (Å²) >= 11 is 0. The molecule has 1 heteroatoms. The summed E-state index contributed by atoms with van der Waals surface area (Å²) in [5.74, 6) is 0. The van der Waals surface area contributed by atoms with E-state index in [1.165, 1.54) is 65.3 Å². The van der Waals surface area contributed by atoms with Crippen molar-refractivity contribution in [3.05, 3.63) is 188 Å². The summed E-state index contributed by atoms with van der Waals surface area (Å²) in [6, 6.07) is 68.2. The maximum absolute atomic E-state index is 2.33. The van der Waals surface area contributed by atoms with Crippen LogP contribution in [0.2, 0.25) is 0 Å². The van der Waals surface area contributed by atoms with Gasteiger partial charge in [-0.2, -0.15) is 0 Å². The lowest BCUT2D eigenvalue weighted by molar-refractivity contribution is 1.28. The largest absolute Gasteiger partial charge is 0.311 e. The van der Waals surface area contributed by atoms with Gasteiger partial charge in [0.1, 0.15) is 0 Å². The molecule has 9 aromatic carbocycles. The zero-order valence-corrected chi connectivity index (χ0v) is 25.8. The average molecular weight is 598 g/mol. The smallest absolute Gasteiger partial charge is 0.0462 e. The van der Waals surface area contributed by atoms with Crippen molar-refractivity contribution in [3.8, 4) is 22.3 Å².